The Labute approximate surface area is 73.1 Å². The van der Waals surface area contributed by atoms with Gasteiger partial charge in [0.1, 0.15) is 0 Å². The molecule has 0 radical (unpaired) electrons. The number of hydrogen-bond donors (Lipinski definition) is 1. The largest absolute Gasteiger partial charge is 0.376 e. The van der Waals surface area contributed by atoms with Crippen LogP contribution < -0.4 is 0 Å². The minimum absolute atomic E-state index is 0.205. The molecule has 0 spiro atoms. The first-order valence-corrected chi connectivity index (χ1v) is 3.40. The van der Waals surface area contributed by atoms with E-state index in [1.807, 2.05) is 0 Å². The third-order valence-corrected chi connectivity index (χ3v) is 1.41. The van der Waals surface area contributed by atoms with Gasteiger partial charge in [-0.15, -0.1) is 0 Å². The van der Waals surface area contributed by atoms with E-state index in [0.29, 0.717) is 5.02 Å². The molecule has 0 aromatic heterocycles. The molecule has 0 amide bonds. The van der Waals surface area contributed by atoms with Crippen molar-refractivity contribution in [3.8, 4) is 0 Å². The van der Waals surface area contributed by atoms with Crippen LogP contribution in [0.25, 0.3) is 0 Å². The molecule has 12 heavy (non-hydrogen) atoms. The average molecular weight is 189 g/mol. The summed E-state index contributed by atoms with van der Waals surface area (Å²) in [5.74, 6) is -0.806. The standard InChI is InChI=1S/C7H5ClO4/c8-6-3-1-2-5(4-6)7(9)11-12-10/h1-4,10H. The fourth-order valence-electron chi connectivity index (χ4n) is 0.697. The minimum atomic E-state index is -0.806. The van der Waals surface area contributed by atoms with E-state index in [-0.39, 0.29) is 5.56 Å². The molecule has 0 aliphatic carbocycles. The number of benzene rings is 1. The van der Waals surface area contributed by atoms with E-state index in [0.717, 1.165) is 0 Å². The summed E-state index contributed by atoms with van der Waals surface area (Å²) in [7, 11) is 0. The Morgan fingerprint density at radius 3 is 2.83 bits per heavy atom. The van der Waals surface area contributed by atoms with Crippen molar-refractivity contribution < 1.29 is 20.0 Å². The van der Waals surface area contributed by atoms with Crippen molar-refractivity contribution in [1.82, 2.24) is 0 Å². The highest BCUT2D eigenvalue weighted by molar-refractivity contribution is 6.30. The molecule has 4 nitrogen and oxygen atoms in total. The molecule has 0 bridgehead atoms. The molecule has 0 aliphatic heterocycles. The summed E-state index contributed by atoms with van der Waals surface area (Å²) in [6, 6.07) is 6.06. The lowest BCUT2D eigenvalue weighted by Gasteiger charge is -1.97. The van der Waals surface area contributed by atoms with Gasteiger partial charge >= 0.3 is 5.97 Å². The van der Waals surface area contributed by atoms with Crippen LogP contribution in [-0.4, -0.2) is 11.2 Å². The Bertz CT molecular complexity index is 286. The van der Waals surface area contributed by atoms with E-state index >= 15 is 0 Å². The van der Waals surface area contributed by atoms with Crippen LogP contribution >= 0.6 is 11.6 Å². The second kappa shape index (κ2) is 4.06. The molecular formula is C7H5ClO4. The van der Waals surface area contributed by atoms with Crippen LogP contribution in [0.4, 0.5) is 0 Å². The van der Waals surface area contributed by atoms with Crippen LogP contribution in [0, 0.1) is 0 Å². The highest BCUT2D eigenvalue weighted by Crippen LogP contribution is 2.11. The number of carbonyl (C=O) groups is 1. The lowest BCUT2D eigenvalue weighted by molar-refractivity contribution is -0.455. The zero-order valence-corrected chi connectivity index (χ0v) is 6.62. The zero-order chi connectivity index (χ0) is 8.97. The maximum Gasteiger partial charge on any atom is 0.376 e. The molecule has 0 aliphatic rings. The smallest absolute Gasteiger partial charge is 0.263 e. The lowest BCUT2D eigenvalue weighted by Crippen LogP contribution is -2.03. The minimum Gasteiger partial charge on any atom is -0.263 e. The SMILES string of the molecule is O=C(OOO)c1cccc(Cl)c1. The highest BCUT2D eigenvalue weighted by Gasteiger charge is 2.07. The fraction of sp³-hybridized carbons (Fsp3) is 0. The van der Waals surface area contributed by atoms with Crippen molar-refractivity contribution in [3.63, 3.8) is 0 Å². The number of halogens is 1. The Balaban J connectivity index is 2.81. The molecule has 0 fully saturated rings. The maximum atomic E-state index is 10.8. The summed E-state index contributed by atoms with van der Waals surface area (Å²) in [6.07, 6.45) is 0. The Morgan fingerprint density at radius 2 is 2.25 bits per heavy atom. The van der Waals surface area contributed by atoms with Crippen molar-refractivity contribution in [3.05, 3.63) is 34.9 Å². The van der Waals surface area contributed by atoms with Crippen LogP contribution in [0.15, 0.2) is 24.3 Å². The lowest BCUT2D eigenvalue weighted by atomic mass is 10.2. The van der Waals surface area contributed by atoms with Crippen molar-refractivity contribution in [2.24, 2.45) is 0 Å². The normalized spacial score (nSPS) is 9.50. The van der Waals surface area contributed by atoms with Gasteiger partial charge in [0.25, 0.3) is 0 Å². The van der Waals surface area contributed by atoms with Crippen LogP contribution in [0.3, 0.4) is 0 Å². The quantitative estimate of drug-likeness (QED) is 0.569. The number of carbonyl (C=O) groups excluding carboxylic acids is 1. The van der Waals surface area contributed by atoms with Gasteiger partial charge in [-0.2, -0.15) is 0 Å². The van der Waals surface area contributed by atoms with Crippen LogP contribution in [0.2, 0.25) is 5.02 Å². The predicted molar refractivity (Wildman–Crippen MR) is 40.6 cm³/mol. The van der Waals surface area contributed by atoms with Gasteiger partial charge in [-0.3, -0.25) is 4.89 Å². The molecule has 0 atom stereocenters. The predicted octanol–water partition coefficient (Wildman–Crippen LogP) is 1.90. The van der Waals surface area contributed by atoms with Crippen molar-refractivity contribution in [2.75, 3.05) is 0 Å². The molecule has 1 aromatic carbocycles. The van der Waals surface area contributed by atoms with Gasteiger partial charge in [0.2, 0.25) is 0 Å². The van der Waals surface area contributed by atoms with Crippen LogP contribution in [0.5, 0.6) is 0 Å². The van der Waals surface area contributed by atoms with Crippen molar-refractivity contribution in [2.45, 2.75) is 0 Å². The fourth-order valence-corrected chi connectivity index (χ4v) is 0.888. The van der Waals surface area contributed by atoms with Gasteiger partial charge in [-0.1, -0.05) is 17.7 Å². The number of rotatable bonds is 2. The van der Waals surface area contributed by atoms with E-state index in [9.17, 15) is 4.79 Å². The van der Waals surface area contributed by atoms with Crippen LogP contribution in [-0.2, 0) is 9.93 Å². The molecule has 0 saturated carbocycles. The molecule has 0 saturated heterocycles. The molecule has 1 rings (SSSR count). The van der Waals surface area contributed by atoms with Gasteiger partial charge in [0.05, 0.1) is 5.56 Å². The summed E-state index contributed by atoms with van der Waals surface area (Å²) in [5.41, 5.74) is 0.205. The monoisotopic (exact) mass is 188 g/mol. The summed E-state index contributed by atoms with van der Waals surface area (Å²) in [5, 5.41) is 11.4. The average Bonchev–Trinajstić information content (AvgIpc) is 2.05. The van der Waals surface area contributed by atoms with Crippen LogP contribution in [0.1, 0.15) is 10.4 Å². The molecule has 0 heterocycles. The first kappa shape index (κ1) is 8.99. The van der Waals surface area contributed by atoms with Gasteiger partial charge in [0, 0.05) is 5.02 Å². The second-order valence-corrected chi connectivity index (χ2v) is 2.39. The van der Waals surface area contributed by atoms with E-state index < -0.39 is 5.97 Å². The Kier molecular flexibility index (Phi) is 3.04. The van der Waals surface area contributed by atoms with Gasteiger partial charge in [-0.25, -0.2) is 10.1 Å². The molecule has 0 unspecified atom stereocenters. The highest BCUT2D eigenvalue weighted by atomic mass is 35.5. The van der Waals surface area contributed by atoms with Gasteiger partial charge < -0.3 is 0 Å². The topological polar surface area (TPSA) is 55.8 Å². The summed E-state index contributed by atoms with van der Waals surface area (Å²) < 4.78 is 0. The summed E-state index contributed by atoms with van der Waals surface area (Å²) >= 11 is 5.58. The first-order valence-electron chi connectivity index (χ1n) is 3.02. The van der Waals surface area contributed by atoms with Gasteiger partial charge in [0.15, 0.2) is 0 Å². The van der Waals surface area contributed by atoms with Gasteiger partial charge in [-0.05, 0) is 23.2 Å². The maximum absolute atomic E-state index is 10.8. The summed E-state index contributed by atoms with van der Waals surface area (Å²) in [6.45, 7) is 0. The second-order valence-electron chi connectivity index (χ2n) is 1.96. The Morgan fingerprint density at radius 1 is 1.50 bits per heavy atom. The van der Waals surface area contributed by atoms with Crippen molar-refractivity contribution in [1.29, 1.82) is 0 Å². The van der Waals surface area contributed by atoms with Crippen molar-refractivity contribution >= 4 is 17.6 Å². The molecule has 64 valence electrons. The van der Waals surface area contributed by atoms with E-state index in [4.69, 9.17) is 16.9 Å². The van der Waals surface area contributed by atoms with E-state index in [1.165, 1.54) is 12.1 Å². The Hall–Kier alpha value is -1.10. The molecular weight excluding hydrogens is 184 g/mol. The van der Waals surface area contributed by atoms with E-state index in [1.54, 1.807) is 12.1 Å². The number of hydrogen-bond acceptors (Lipinski definition) is 4. The molecule has 5 heteroatoms. The zero-order valence-electron chi connectivity index (χ0n) is 5.86. The third-order valence-electron chi connectivity index (χ3n) is 1.17. The third kappa shape index (κ3) is 2.20. The first-order chi connectivity index (χ1) is 5.74. The molecule has 1 aromatic rings. The summed E-state index contributed by atoms with van der Waals surface area (Å²) in [4.78, 5) is 14.7. The molecule has 1 N–H and O–H groups in total. The van der Waals surface area contributed by atoms with E-state index in [2.05, 4.69) is 9.93 Å².